The van der Waals surface area contributed by atoms with Crippen LogP contribution in [-0.4, -0.2) is 26.4 Å². The molecule has 1 rings (SSSR count). The maximum atomic E-state index is 10.7. The number of nitrogens with zero attached hydrogens (tertiary/aromatic N) is 1. The van der Waals surface area contributed by atoms with Crippen molar-refractivity contribution in [3.05, 3.63) is 32.3 Å². The molecule has 112 valence electrons. The molecule has 0 heterocycles. The summed E-state index contributed by atoms with van der Waals surface area (Å²) in [6.07, 6.45) is 0. The molecule has 0 unspecified atom stereocenters. The van der Waals surface area contributed by atoms with Crippen molar-refractivity contribution in [1.29, 1.82) is 0 Å². The van der Waals surface area contributed by atoms with Gasteiger partial charge in [0.1, 0.15) is 10.8 Å². The van der Waals surface area contributed by atoms with E-state index < -0.39 is 13.0 Å². The third-order valence-electron chi connectivity index (χ3n) is 2.49. The Bertz CT molecular complexity index is 491. The van der Waals surface area contributed by atoms with E-state index in [2.05, 4.69) is 19.6 Å². The fourth-order valence-corrected chi connectivity index (χ4v) is 2.50. The van der Waals surface area contributed by atoms with Crippen LogP contribution < -0.4 is 4.74 Å². The molecular formula is C12H17Cl2NO4Si. The number of nitro groups is 1. The molecule has 0 aliphatic rings. The number of hydrogen-bond acceptors (Lipinski definition) is 4. The molecule has 0 aliphatic heterocycles. The normalized spacial score (nSPS) is 11.4. The van der Waals surface area contributed by atoms with Crippen molar-refractivity contribution in [3.8, 4) is 5.75 Å². The van der Waals surface area contributed by atoms with Gasteiger partial charge in [0.05, 0.1) is 9.95 Å². The van der Waals surface area contributed by atoms with Crippen molar-refractivity contribution in [1.82, 2.24) is 0 Å². The second-order valence-corrected chi connectivity index (χ2v) is 11.9. The van der Waals surface area contributed by atoms with E-state index in [0.717, 1.165) is 6.04 Å². The highest BCUT2D eigenvalue weighted by molar-refractivity contribution is 6.76. The Morgan fingerprint density at radius 1 is 1.25 bits per heavy atom. The van der Waals surface area contributed by atoms with Crippen molar-refractivity contribution in [3.63, 3.8) is 0 Å². The maximum absolute atomic E-state index is 10.7. The topological polar surface area (TPSA) is 61.6 Å². The maximum Gasteiger partial charge on any atom is 0.289 e. The van der Waals surface area contributed by atoms with Gasteiger partial charge in [0.2, 0.25) is 0 Å². The average Bonchev–Trinajstić information content (AvgIpc) is 2.30. The van der Waals surface area contributed by atoms with Crippen molar-refractivity contribution >= 4 is 37.0 Å². The first-order valence-corrected chi connectivity index (χ1v) is 10.5. The molecule has 0 saturated heterocycles. The molecule has 20 heavy (non-hydrogen) atoms. The summed E-state index contributed by atoms with van der Waals surface area (Å²) < 4.78 is 10.7. The lowest BCUT2D eigenvalue weighted by Gasteiger charge is -2.15. The van der Waals surface area contributed by atoms with Crippen molar-refractivity contribution in [2.75, 3.05) is 13.4 Å². The summed E-state index contributed by atoms with van der Waals surface area (Å²) in [6, 6.07) is 3.52. The van der Waals surface area contributed by atoms with Crippen LogP contribution >= 0.6 is 23.2 Å². The third kappa shape index (κ3) is 5.66. The van der Waals surface area contributed by atoms with Gasteiger partial charge >= 0.3 is 0 Å². The van der Waals surface area contributed by atoms with E-state index in [0.29, 0.717) is 6.61 Å². The fourth-order valence-electron chi connectivity index (χ4n) is 1.31. The molecule has 0 saturated carbocycles. The van der Waals surface area contributed by atoms with Gasteiger partial charge in [-0.3, -0.25) is 10.1 Å². The van der Waals surface area contributed by atoms with Crippen LogP contribution in [0, 0.1) is 10.1 Å². The van der Waals surface area contributed by atoms with E-state index >= 15 is 0 Å². The van der Waals surface area contributed by atoms with Crippen LogP contribution in [0.25, 0.3) is 0 Å². The predicted octanol–water partition coefficient (Wildman–Crippen LogP) is 4.59. The van der Waals surface area contributed by atoms with Gasteiger partial charge in [-0.25, -0.2) is 0 Å². The zero-order valence-electron chi connectivity index (χ0n) is 11.6. The second-order valence-electron chi connectivity index (χ2n) is 5.47. The van der Waals surface area contributed by atoms with E-state index in [4.69, 9.17) is 32.7 Å². The zero-order chi connectivity index (χ0) is 15.3. The molecule has 1 aromatic carbocycles. The SMILES string of the molecule is C[Si](C)(C)CCOCOc1cc(Cl)c([N+](=O)[O-])cc1Cl. The minimum atomic E-state index is -1.13. The summed E-state index contributed by atoms with van der Waals surface area (Å²) in [5.74, 6) is 0.273. The quantitative estimate of drug-likeness (QED) is 0.240. The molecule has 0 N–H and O–H groups in total. The first-order valence-electron chi connectivity index (χ1n) is 6.05. The van der Waals surface area contributed by atoms with Crippen LogP contribution in [0.3, 0.4) is 0 Å². The van der Waals surface area contributed by atoms with Crippen molar-refractivity contribution in [2.24, 2.45) is 0 Å². The summed E-state index contributed by atoms with van der Waals surface area (Å²) in [4.78, 5) is 10.1. The molecule has 0 radical (unpaired) electrons. The largest absolute Gasteiger partial charge is 0.466 e. The van der Waals surface area contributed by atoms with Gasteiger partial charge in [0, 0.05) is 26.8 Å². The zero-order valence-corrected chi connectivity index (χ0v) is 14.1. The number of nitro benzene ring substituents is 1. The van der Waals surface area contributed by atoms with Crippen LogP contribution in [0.2, 0.25) is 35.7 Å². The number of benzene rings is 1. The Labute approximate surface area is 128 Å². The number of hydrogen-bond donors (Lipinski definition) is 0. The van der Waals surface area contributed by atoms with Crippen LogP contribution in [0.4, 0.5) is 5.69 Å². The van der Waals surface area contributed by atoms with Gasteiger partial charge < -0.3 is 9.47 Å². The van der Waals surface area contributed by atoms with Gasteiger partial charge in [-0.2, -0.15) is 0 Å². The number of halogens is 2. The van der Waals surface area contributed by atoms with E-state index in [1.54, 1.807) is 0 Å². The van der Waals surface area contributed by atoms with Crippen molar-refractivity contribution < 1.29 is 14.4 Å². The highest BCUT2D eigenvalue weighted by atomic mass is 35.5. The summed E-state index contributed by atoms with van der Waals surface area (Å²) in [5.41, 5.74) is -0.247. The molecular weight excluding hydrogens is 321 g/mol. The monoisotopic (exact) mass is 337 g/mol. The smallest absolute Gasteiger partial charge is 0.289 e. The average molecular weight is 338 g/mol. The molecule has 1 aromatic rings. The van der Waals surface area contributed by atoms with E-state index in [-0.39, 0.29) is 28.3 Å². The fraction of sp³-hybridized carbons (Fsp3) is 0.500. The van der Waals surface area contributed by atoms with Gasteiger partial charge in [-0.05, 0) is 6.04 Å². The van der Waals surface area contributed by atoms with Crippen LogP contribution in [-0.2, 0) is 4.74 Å². The van der Waals surface area contributed by atoms with Gasteiger partial charge in [-0.15, -0.1) is 0 Å². The molecule has 0 bridgehead atoms. The second kappa shape index (κ2) is 7.26. The summed E-state index contributed by atoms with van der Waals surface area (Å²) >= 11 is 11.7. The summed E-state index contributed by atoms with van der Waals surface area (Å²) in [5, 5.41) is 10.8. The van der Waals surface area contributed by atoms with E-state index in [9.17, 15) is 10.1 Å². The molecule has 0 spiro atoms. The molecule has 0 aliphatic carbocycles. The molecule has 0 atom stereocenters. The number of ether oxygens (including phenoxy) is 2. The van der Waals surface area contributed by atoms with Gasteiger partial charge in [0.15, 0.2) is 6.79 Å². The van der Waals surface area contributed by atoms with Gasteiger partial charge in [-0.1, -0.05) is 42.8 Å². The minimum Gasteiger partial charge on any atom is -0.466 e. The van der Waals surface area contributed by atoms with Crippen LogP contribution in [0.15, 0.2) is 12.1 Å². The molecule has 0 fully saturated rings. The first kappa shape index (κ1) is 17.2. The van der Waals surface area contributed by atoms with Crippen molar-refractivity contribution in [2.45, 2.75) is 25.7 Å². The molecule has 8 heteroatoms. The van der Waals surface area contributed by atoms with E-state index in [1.165, 1.54) is 12.1 Å². The Balaban J connectivity index is 2.53. The van der Waals surface area contributed by atoms with E-state index in [1.807, 2.05) is 0 Å². The lowest BCUT2D eigenvalue weighted by molar-refractivity contribution is -0.384. The molecule has 0 aromatic heterocycles. The third-order valence-corrected chi connectivity index (χ3v) is 4.79. The Morgan fingerprint density at radius 3 is 2.45 bits per heavy atom. The first-order chi connectivity index (χ1) is 9.20. The molecule has 0 amide bonds. The highest BCUT2D eigenvalue weighted by Gasteiger charge is 2.17. The molecule has 5 nitrogen and oxygen atoms in total. The Morgan fingerprint density at radius 2 is 1.90 bits per heavy atom. The standard InChI is InChI=1S/C12H17Cl2NO4Si/c1-20(2,3)5-4-18-8-19-12-7-9(13)11(15(16)17)6-10(12)14/h6-7H,4-5,8H2,1-3H3. The van der Waals surface area contributed by atoms with Crippen LogP contribution in [0.1, 0.15) is 0 Å². The number of rotatable bonds is 7. The Hall–Kier alpha value is -0.823. The highest BCUT2D eigenvalue weighted by Crippen LogP contribution is 2.35. The summed E-state index contributed by atoms with van der Waals surface area (Å²) in [7, 11) is -1.13. The summed E-state index contributed by atoms with van der Waals surface area (Å²) in [6.45, 7) is 7.42. The Kier molecular flexibility index (Phi) is 6.26. The lowest BCUT2D eigenvalue weighted by atomic mass is 10.3. The lowest BCUT2D eigenvalue weighted by Crippen LogP contribution is -2.22. The van der Waals surface area contributed by atoms with Gasteiger partial charge in [0.25, 0.3) is 5.69 Å². The minimum absolute atomic E-state index is 0.0171. The predicted molar refractivity (Wildman–Crippen MR) is 82.7 cm³/mol. The van der Waals surface area contributed by atoms with Crippen LogP contribution in [0.5, 0.6) is 5.75 Å².